The van der Waals surface area contributed by atoms with Crippen LogP contribution in [0.1, 0.15) is 18.1 Å². The van der Waals surface area contributed by atoms with E-state index >= 15 is 0 Å². The van der Waals surface area contributed by atoms with Crippen LogP contribution < -0.4 is 11.5 Å². The molecule has 0 fully saturated rings. The Morgan fingerprint density at radius 1 is 0.933 bits per heavy atom. The first-order chi connectivity index (χ1) is 14.2. The van der Waals surface area contributed by atoms with Crippen LogP contribution in [0.4, 0.5) is 0 Å². The molecule has 0 aliphatic heterocycles. The summed E-state index contributed by atoms with van der Waals surface area (Å²) in [6.45, 7) is 1.08. The second-order valence-electron chi connectivity index (χ2n) is 6.40. The maximum absolute atomic E-state index is 9.00. The molecule has 0 amide bonds. The van der Waals surface area contributed by atoms with Gasteiger partial charge in [0.05, 0.1) is 0 Å². The van der Waals surface area contributed by atoms with E-state index in [1.807, 2.05) is 40.9 Å². The number of aromatic nitrogens is 2. The van der Waals surface area contributed by atoms with Crippen molar-refractivity contribution < 1.29 is 14.3 Å². The van der Waals surface area contributed by atoms with E-state index in [-0.39, 0.29) is 11.7 Å². The summed E-state index contributed by atoms with van der Waals surface area (Å²) in [5, 5.41) is 22.4. The Hall–Kier alpha value is -4.40. The number of nitrogens with two attached hydrogens (primary N) is 2. The molecule has 9 nitrogen and oxygen atoms in total. The molecule has 152 valence electrons. The van der Waals surface area contributed by atoms with E-state index in [0.717, 1.165) is 18.1 Å². The molecule has 0 aliphatic carbocycles. The monoisotopic (exact) mass is 404 g/mol. The molecular weight excluding hydrogens is 384 g/mol. The van der Waals surface area contributed by atoms with Crippen LogP contribution >= 0.6 is 0 Å². The molecule has 4 aromatic rings. The van der Waals surface area contributed by atoms with Gasteiger partial charge in [0.2, 0.25) is 0 Å². The van der Waals surface area contributed by atoms with E-state index in [1.54, 1.807) is 24.4 Å². The highest BCUT2D eigenvalue weighted by Gasteiger charge is 2.11. The molecule has 0 unspecified atom stereocenters. The van der Waals surface area contributed by atoms with Gasteiger partial charge in [-0.1, -0.05) is 24.3 Å². The van der Waals surface area contributed by atoms with Gasteiger partial charge in [0, 0.05) is 36.0 Å². The van der Waals surface area contributed by atoms with Crippen molar-refractivity contribution in [2.45, 2.75) is 6.92 Å². The number of rotatable bonds is 4. The smallest absolute Gasteiger partial charge is 0.300 e. The topological polar surface area (TPSA) is 167 Å². The molecule has 3 heterocycles. The zero-order valence-corrected chi connectivity index (χ0v) is 16.1. The first kappa shape index (κ1) is 20.3. The average molecular weight is 404 g/mol. The number of carbonyl (C=O) groups is 1. The third-order valence-electron chi connectivity index (χ3n) is 4.10. The summed E-state index contributed by atoms with van der Waals surface area (Å²) in [4.78, 5) is 13.5. The number of carboxylic acids is 1. The number of imidazole rings is 1. The molecule has 0 atom stereocenters. The number of carboxylic acid groups (broad SMARTS) is 1. The van der Waals surface area contributed by atoms with Gasteiger partial charge < -0.3 is 25.4 Å². The molecule has 1 aromatic carbocycles. The first-order valence-electron chi connectivity index (χ1n) is 8.82. The Balaban J connectivity index is 0.000000589. The van der Waals surface area contributed by atoms with Crippen molar-refractivity contribution in [2.75, 3.05) is 0 Å². The number of aliphatic carboxylic acids is 1. The lowest BCUT2D eigenvalue weighted by atomic mass is 10.1. The van der Waals surface area contributed by atoms with Crippen LogP contribution in [0.2, 0.25) is 0 Å². The number of benzene rings is 1. The number of hydrogen-bond donors (Lipinski definition) is 5. The van der Waals surface area contributed by atoms with E-state index in [4.69, 9.17) is 36.6 Å². The molecule has 30 heavy (non-hydrogen) atoms. The van der Waals surface area contributed by atoms with E-state index in [9.17, 15) is 0 Å². The summed E-state index contributed by atoms with van der Waals surface area (Å²) in [6.07, 6.45) is 3.60. The summed E-state index contributed by atoms with van der Waals surface area (Å²) in [7, 11) is 0. The summed E-state index contributed by atoms with van der Waals surface area (Å²) in [6, 6.07) is 14.6. The fourth-order valence-electron chi connectivity index (χ4n) is 2.71. The molecule has 0 spiro atoms. The second kappa shape index (κ2) is 8.31. The van der Waals surface area contributed by atoms with Crippen molar-refractivity contribution in [2.24, 2.45) is 11.5 Å². The van der Waals surface area contributed by atoms with E-state index in [2.05, 4.69) is 4.98 Å². The maximum Gasteiger partial charge on any atom is 0.300 e. The minimum absolute atomic E-state index is 0.0106. The van der Waals surface area contributed by atoms with Crippen molar-refractivity contribution in [3.05, 3.63) is 72.1 Å². The molecule has 0 bridgehead atoms. The fourth-order valence-corrected chi connectivity index (χ4v) is 2.71. The highest BCUT2D eigenvalue weighted by Crippen LogP contribution is 2.28. The van der Waals surface area contributed by atoms with Gasteiger partial charge in [0.1, 0.15) is 28.8 Å². The highest BCUT2D eigenvalue weighted by molar-refractivity contribution is 5.95. The van der Waals surface area contributed by atoms with Crippen LogP contribution in [0.3, 0.4) is 0 Å². The van der Waals surface area contributed by atoms with E-state index < -0.39 is 5.97 Å². The van der Waals surface area contributed by atoms with Crippen molar-refractivity contribution in [1.82, 2.24) is 9.38 Å². The predicted molar refractivity (Wildman–Crippen MR) is 114 cm³/mol. The van der Waals surface area contributed by atoms with Gasteiger partial charge in [-0.2, -0.15) is 0 Å². The number of hydrogen-bond acceptors (Lipinski definition) is 5. The highest BCUT2D eigenvalue weighted by atomic mass is 16.4. The third-order valence-corrected chi connectivity index (χ3v) is 4.10. The lowest BCUT2D eigenvalue weighted by Gasteiger charge is -2.00. The van der Waals surface area contributed by atoms with E-state index in [0.29, 0.717) is 28.3 Å². The summed E-state index contributed by atoms with van der Waals surface area (Å²) in [5.41, 5.74) is 14.6. The van der Waals surface area contributed by atoms with Crippen LogP contribution in [-0.2, 0) is 4.79 Å². The normalized spacial score (nSPS) is 10.3. The Bertz CT molecular complexity index is 1230. The van der Waals surface area contributed by atoms with Crippen LogP contribution in [0.15, 0.2) is 65.3 Å². The second-order valence-corrected chi connectivity index (χ2v) is 6.40. The van der Waals surface area contributed by atoms with Crippen LogP contribution in [-0.4, -0.2) is 32.1 Å². The SMILES string of the molecule is CC(=O)O.N=C(N)c1ccc(-c2ccc(-c3cn4cc(C(=N)N)ccc4n3)o2)cc1. The van der Waals surface area contributed by atoms with Crippen molar-refractivity contribution in [3.63, 3.8) is 0 Å². The van der Waals surface area contributed by atoms with Crippen molar-refractivity contribution in [3.8, 4) is 22.8 Å². The number of nitrogens with one attached hydrogen (secondary N) is 2. The number of amidine groups is 2. The number of pyridine rings is 1. The van der Waals surface area contributed by atoms with Gasteiger partial charge in [-0.3, -0.25) is 15.6 Å². The summed E-state index contributed by atoms with van der Waals surface area (Å²) in [5.74, 6) is 0.558. The molecule has 3 aromatic heterocycles. The standard InChI is InChI=1S/C19H16N6O.C2H4O2/c20-18(21)12-3-1-11(2-4-12)15-6-7-16(26-15)14-10-25-9-13(19(22)23)5-8-17(25)24-14;1-2(3)4/h1-10H,(H3,20,21)(H3,22,23);1H3,(H,3,4). The van der Waals surface area contributed by atoms with Gasteiger partial charge in [-0.25, -0.2) is 4.98 Å². The predicted octanol–water partition coefficient (Wildman–Crippen LogP) is 2.92. The van der Waals surface area contributed by atoms with Crippen LogP contribution in [0.25, 0.3) is 28.4 Å². The fraction of sp³-hybridized carbons (Fsp3) is 0.0476. The lowest BCUT2D eigenvalue weighted by Crippen LogP contribution is -2.11. The molecule has 4 rings (SSSR count). The Morgan fingerprint density at radius 2 is 1.50 bits per heavy atom. The van der Waals surface area contributed by atoms with Gasteiger partial charge in [-0.05, 0) is 24.3 Å². The number of furan rings is 1. The third kappa shape index (κ3) is 4.53. The Morgan fingerprint density at radius 3 is 2.10 bits per heavy atom. The Kier molecular flexibility index (Phi) is 5.63. The minimum atomic E-state index is -0.833. The van der Waals surface area contributed by atoms with Crippen LogP contribution in [0.5, 0.6) is 0 Å². The molecular formula is C21H20N6O3. The molecule has 0 aliphatic rings. The van der Waals surface area contributed by atoms with Gasteiger partial charge in [0.15, 0.2) is 5.76 Å². The molecule has 0 saturated carbocycles. The number of nitrogen functional groups attached to an aromatic ring is 2. The lowest BCUT2D eigenvalue weighted by molar-refractivity contribution is -0.134. The quantitative estimate of drug-likeness (QED) is 0.259. The van der Waals surface area contributed by atoms with Gasteiger partial charge >= 0.3 is 0 Å². The summed E-state index contributed by atoms with van der Waals surface area (Å²) < 4.78 is 7.75. The minimum Gasteiger partial charge on any atom is -0.481 e. The Labute approximate surface area is 171 Å². The largest absolute Gasteiger partial charge is 0.481 e. The van der Waals surface area contributed by atoms with Gasteiger partial charge in [0.25, 0.3) is 5.97 Å². The molecule has 0 saturated heterocycles. The molecule has 7 N–H and O–H groups in total. The van der Waals surface area contributed by atoms with Crippen molar-refractivity contribution in [1.29, 1.82) is 10.8 Å². The van der Waals surface area contributed by atoms with E-state index in [1.165, 1.54) is 0 Å². The maximum atomic E-state index is 9.00. The molecule has 0 radical (unpaired) electrons. The van der Waals surface area contributed by atoms with Crippen molar-refractivity contribution >= 4 is 23.3 Å². The zero-order valence-electron chi connectivity index (χ0n) is 16.1. The number of nitrogens with zero attached hydrogens (tertiary/aromatic N) is 2. The average Bonchev–Trinajstić information content (AvgIpc) is 3.34. The molecule has 9 heteroatoms. The van der Waals surface area contributed by atoms with Crippen LogP contribution in [0, 0.1) is 10.8 Å². The summed E-state index contributed by atoms with van der Waals surface area (Å²) >= 11 is 0. The van der Waals surface area contributed by atoms with Gasteiger partial charge in [-0.15, -0.1) is 0 Å². The first-order valence-corrected chi connectivity index (χ1v) is 8.82. The number of fused-ring (bicyclic) bond motifs is 1. The zero-order chi connectivity index (χ0) is 21.8.